The number of rotatable bonds is 8. The van der Waals surface area contributed by atoms with E-state index in [1.807, 2.05) is 60.7 Å². The molecule has 2 heterocycles. The topological polar surface area (TPSA) is 123 Å². The molecule has 0 aliphatic rings. The van der Waals surface area contributed by atoms with E-state index in [0.717, 1.165) is 28.1 Å². The molecule has 0 spiro atoms. The molecule has 0 saturated heterocycles. The van der Waals surface area contributed by atoms with Crippen LogP contribution in [-0.4, -0.2) is 29.9 Å². The maximum absolute atomic E-state index is 12.2. The summed E-state index contributed by atoms with van der Waals surface area (Å²) in [5, 5.41) is 3.38. The van der Waals surface area contributed by atoms with Gasteiger partial charge in [-0.1, -0.05) is 79.7 Å². The number of pyridine rings is 1. The fourth-order valence-corrected chi connectivity index (χ4v) is 5.08. The van der Waals surface area contributed by atoms with E-state index in [1.165, 1.54) is 0 Å². The average molecular weight is 511 g/mol. The Morgan fingerprint density at radius 2 is 1.38 bits per heavy atom. The average Bonchev–Trinajstić information content (AvgIpc) is 2.92. The minimum Gasteiger partial charge on any atom is -0.384 e. The first-order valence-electron chi connectivity index (χ1n) is 11.9. The number of nitrogens with zero attached hydrogens (tertiary/aromatic N) is 3. The van der Waals surface area contributed by atoms with Gasteiger partial charge in [-0.2, -0.15) is 0 Å². The summed E-state index contributed by atoms with van der Waals surface area (Å²) in [7, 11) is -3.50. The molecule has 0 atom stereocenters. The number of benzene rings is 3. The van der Waals surface area contributed by atoms with Crippen molar-refractivity contribution in [3.8, 4) is 22.5 Å². The third-order valence-corrected chi connectivity index (χ3v) is 7.37. The van der Waals surface area contributed by atoms with E-state index in [-0.39, 0.29) is 4.90 Å². The lowest BCUT2D eigenvalue weighted by Crippen LogP contribution is -2.23. The van der Waals surface area contributed by atoms with Crippen molar-refractivity contribution < 1.29 is 8.42 Å². The van der Waals surface area contributed by atoms with Crippen LogP contribution >= 0.6 is 0 Å². The van der Waals surface area contributed by atoms with Gasteiger partial charge in [-0.25, -0.2) is 28.1 Å². The highest BCUT2D eigenvalue weighted by atomic mass is 32.2. The van der Waals surface area contributed by atoms with E-state index in [2.05, 4.69) is 15.0 Å². The molecule has 0 unspecified atom stereocenters. The predicted molar refractivity (Wildman–Crippen MR) is 147 cm³/mol. The zero-order valence-corrected chi connectivity index (χ0v) is 21.0. The van der Waals surface area contributed by atoms with Gasteiger partial charge in [-0.05, 0) is 17.7 Å². The normalized spacial score (nSPS) is 11.5. The summed E-state index contributed by atoms with van der Waals surface area (Å²) >= 11 is 0. The molecule has 0 fully saturated rings. The van der Waals surface area contributed by atoms with Crippen molar-refractivity contribution in [1.82, 2.24) is 19.7 Å². The number of anilines is 2. The van der Waals surface area contributed by atoms with Crippen molar-refractivity contribution >= 4 is 32.7 Å². The molecule has 2 aromatic heterocycles. The van der Waals surface area contributed by atoms with Crippen LogP contribution in [0.2, 0.25) is 0 Å². The van der Waals surface area contributed by atoms with E-state index in [9.17, 15) is 8.42 Å². The fourth-order valence-electron chi connectivity index (χ4n) is 4.04. The monoisotopic (exact) mass is 510 g/mol. The molecular weight excluding hydrogens is 484 g/mol. The summed E-state index contributed by atoms with van der Waals surface area (Å²) in [4.78, 5) is 14.6. The number of hydrogen-bond donors (Lipinski definition) is 3. The second-order valence-electron chi connectivity index (χ2n) is 8.42. The van der Waals surface area contributed by atoms with E-state index in [0.29, 0.717) is 35.8 Å². The van der Waals surface area contributed by atoms with Gasteiger partial charge in [-0.15, -0.1) is 0 Å². The summed E-state index contributed by atoms with van der Waals surface area (Å²) in [5.74, 6) is 0.322. The number of sulfonamides is 1. The lowest BCUT2D eigenvalue weighted by molar-refractivity contribution is 0.584. The molecule has 9 heteroatoms. The predicted octanol–water partition coefficient (Wildman–Crippen LogP) is 4.85. The Kier molecular flexibility index (Phi) is 6.80. The van der Waals surface area contributed by atoms with Crippen LogP contribution < -0.4 is 15.8 Å². The first-order valence-corrected chi connectivity index (χ1v) is 13.3. The standard InChI is InChI=1S/C28H26N6O2S/c1-2-31-37(35,36)22-15-13-19(14-16-22)18-30-23-17-24(29)32-28-27(23)33-25(20-9-5-3-6-10-20)26(34-28)21-11-7-4-8-12-21/h3-17,31H,2,18H2,1H3,(H3,29,30,32,34). The molecule has 186 valence electrons. The maximum Gasteiger partial charge on any atom is 0.240 e. The van der Waals surface area contributed by atoms with Crippen LogP contribution in [0, 0.1) is 0 Å². The zero-order chi connectivity index (χ0) is 25.8. The largest absolute Gasteiger partial charge is 0.384 e. The summed E-state index contributed by atoms with van der Waals surface area (Å²) in [6.45, 7) is 2.51. The second kappa shape index (κ2) is 10.3. The molecule has 5 aromatic rings. The lowest BCUT2D eigenvalue weighted by atomic mass is 10.0. The van der Waals surface area contributed by atoms with Crippen LogP contribution in [0.4, 0.5) is 11.5 Å². The molecule has 0 radical (unpaired) electrons. The second-order valence-corrected chi connectivity index (χ2v) is 10.2. The van der Waals surface area contributed by atoms with Gasteiger partial charge in [0.15, 0.2) is 5.65 Å². The number of fused-ring (bicyclic) bond motifs is 1. The highest BCUT2D eigenvalue weighted by molar-refractivity contribution is 7.89. The molecule has 37 heavy (non-hydrogen) atoms. The SMILES string of the molecule is CCNS(=O)(=O)c1ccc(CNc2cc(N)nc3nc(-c4ccccc4)c(-c4ccccc4)nc23)cc1. The summed E-state index contributed by atoms with van der Waals surface area (Å²) < 4.78 is 26.9. The molecule has 4 N–H and O–H groups in total. The quantitative estimate of drug-likeness (QED) is 0.273. The van der Waals surface area contributed by atoms with Crippen molar-refractivity contribution in [3.05, 3.63) is 96.6 Å². The third-order valence-electron chi connectivity index (χ3n) is 5.81. The van der Waals surface area contributed by atoms with E-state index in [4.69, 9.17) is 15.7 Å². The van der Waals surface area contributed by atoms with Gasteiger partial charge >= 0.3 is 0 Å². The molecule has 5 rings (SSSR count). The third kappa shape index (κ3) is 5.28. The molecule has 0 amide bonds. The first kappa shape index (κ1) is 24.4. The van der Waals surface area contributed by atoms with Crippen LogP contribution in [0.5, 0.6) is 0 Å². The highest BCUT2D eigenvalue weighted by Crippen LogP contribution is 2.33. The molecule has 0 aliphatic carbocycles. The van der Waals surface area contributed by atoms with Gasteiger partial charge < -0.3 is 11.1 Å². The highest BCUT2D eigenvalue weighted by Gasteiger charge is 2.17. The summed E-state index contributed by atoms with van der Waals surface area (Å²) in [5.41, 5.74) is 12.1. The van der Waals surface area contributed by atoms with Crippen LogP contribution in [0.25, 0.3) is 33.7 Å². The van der Waals surface area contributed by atoms with Crippen LogP contribution in [0.3, 0.4) is 0 Å². The van der Waals surface area contributed by atoms with Crippen molar-refractivity contribution in [3.63, 3.8) is 0 Å². The molecular formula is C28H26N6O2S. The molecule has 8 nitrogen and oxygen atoms in total. The van der Waals surface area contributed by atoms with Crippen LogP contribution in [-0.2, 0) is 16.6 Å². The van der Waals surface area contributed by atoms with E-state index < -0.39 is 10.0 Å². The Morgan fingerprint density at radius 1 is 0.784 bits per heavy atom. The van der Waals surface area contributed by atoms with Gasteiger partial charge in [0.25, 0.3) is 0 Å². The number of nitrogens with one attached hydrogen (secondary N) is 2. The van der Waals surface area contributed by atoms with Gasteiger partial charge in [0, 0.05) is 30.3 Å². The van der Waals surface area contributed by atoms with Crippen LogP contribution in [0.15, 0.2) is 95.9 Å². The van der Waals surface area contributed by atoms with Gasteiger partial charge in [-0.3, -0.25) is 0 Å². The number of hydrogen-bond acceptors (Lipinski definition) is 7. The van der Waals surface area contributed by atoms with Gasteiger partial charge in [0.1, 0.15) is 11.3 Å². The first-order chi connectivity index (χ1) is 17.9. The molecule has 3 aromatic carbocycles. The Balaban J connectivity index is 1.53. The Bertz CT molecular complexity index is 1640. The number of nitrogen functional groups attached to an aromatic ring is 1. The summed E-state index contributed by atoms with van der Waals surface area (Å²) in [6, 6.07) is 28.2. The lowest BCUT2D eigenvalue weighted by Gasteiger charge is -2.14. The van der Waals surface area contributed by atoms with Crippen LogP contribution in [0.1, 0.15) is 12.5 Å². The van der Waals surface area contributed by atoms with Crippen molar-refractivity contribution in [2.75, 3.05) is 17.6 Å². The Morgan fingerprint density at radius 3 is 1.97 bits per heavy atom. The van der Waals surface area contributed by atoms with Crippen molar-refractivity contribution in [1.29, 1.82) is 0 Å². The van der Waals surface area contributed by atoms with Crippen molar-refractivity contribution in [2.45, 2.75) is 18.4 Å². The number of aromatic nitrogens is 3. The zero-order valence-electron chi connectivity index (χ0n) is 20.2. The smallest absolute Gasteiger partial charge is 0.240 e. The van der Waals surface area contributed by atoms with E-state index >= 15 is 0 Å². The number of nitrogens with two attached hydrogens (primary N) is 1. The summed E-state index contributed by atoms with van der Waals surface area (Å²) in [6.07, 6.45) is 0. The molecule has 0 bridgehead atoms. The van der Waals surface area contributed by atoms with E-state index in [1.54, 1.807) is 37.3 Å². The minimum absolute atomic E-state index is 0.225. The van der Waals surface area contributed by atoms with Gasteiger partial charge in [0.05, 0.1) is 22.0 Å². The fraction of sp³-hybridized carbons (Fsp3) is 0.107. The minimum atomic E-state index is -3.50. The molecule has 0 aliphatic heterocycles. The Hall–Kier alpha value is -4.34. The Labute approximate surface area is 215 Å². The molecule has 0 saturated carbocycles. The van der Waals surface area contributed by atoms with Crippen molar-refractivity contribution in [2.24, 2.45) is 0 Å². The van der Waals surface area contributed by atoms with Gasteiger partial charge in [0.2, 0.25) is 10.0 Å². The maximum atomic E-state index is 12.2.